The van der Waals surface area contributed by atoms with E-state index >= 15 is 0 Å². The molecule has 0 saturated carbocycles. The van der Waals surface area contributed by atoms with Gasteiger partial charge < -0.3 is 19.3 Å². The van der Waals surface area contributed by atoms with E-state index in [2.05, 4.69) is 4.72 Å². The van der Waals surface area contributed by atoms with Gasteiger partial charge in [0.05, 0.1) is 17.9 Å². The maximum absolute atomic E-state index is 14.0. The summed E-state index contributed by atoms with van der Waals surface area (Å²) in [5.41, 5.74) is -0.675. The number of rotatable bonds is 11. The number of nitrogens with one attached hydrogen (secondary N) is 1. The molecule has 0 bridgehead atoms. The lowest BCUT2D eigenvalue weighted by molar-refractivity contribution is -0.150. The molecule has 1 saturated heterocycles. The lowest BCUT2D eigenvalue weighted by Gasteiger charge is -2.36. The lowest BCUT2D eigenvalue weighted by atomic mass is 9.97. The van der Waals surface area contributed by atoms with Crippen LogP contribution in [0.5, 0.6) is 0 Å². The molecule has 4 rings (SSSR count). The number of piperidine rings is 1. The minimum Gasteiger partial charge on any atom is -0.465 e. The highest BCUT2D eigenvalue weighted by molar-refractivity contribution is 7.89. The second kappa shape index (κ2) is 16.1. The summed E-state index contributed by atoms with van der Waals surface area (Å²) in [4.78, 5) is 57.2. The highest BCUT2D eigenvalue weighted by Gasteiger charge is 2.35. The quantitative estimate of drug-likeness (QED) is 0.346. The van der Waals surface area contributed by atoms with Gasteiger partial charge in [0, 0.05) is 32.0 Å². The molecule has 2 aliphatic heterocycles. The lowest BCUT2D eigenvalue weighted by Crippen LogP contribution is -2.51. The molecule has 2 atom stereocenters. The Labute approximate surface area is 282 Å². The number of sulfonamides is 1. The molecule has 0 radical (unpaired) electrons. The van der Waals surface area contributed by atoms with Crippen molar-refractivity contribution in [1.29, 1.82) is 0 Å². The molecule has 0 unspecified atom stereocenters. The Hall–Kier alpha value is -4.49. The van der Waals surface area contributed by atoms with Crippen molar-refractivity contribution in [2.24, 2.45) is 5.92 Å². The van der Waals surface area contributed by atoms with Crippen LogP contribution in [-0.2, 0) is 33.9 Å². The van der Waals surface area contributed by atoms with Crippen LogP contribution in [0.3, 0.4) is 0 Å². The average Bonchev–Trinajstić information content (AvgIpc) is 3.33. The number of hydrogen-bond donors (Lipinski definition) is 1. The van der Waals surface area contributed by atoms with Crippen molar-refractivity contribution in [2.45, 2.75) is 63.5 Å². The van der Waals surface area contributed by atoms with Crippen LogP contribution < -0.4 is 4.72 Å². The summed E-state index contributed by atoms with van der Waals surface area (Å²) in [6.07, 6.45) is 9.88. The third-order valence-electron chi connectivity index (χ3n) is 7.71. The number of likely N-dealkylation sites (tertiary alicyclic amines) is 1. The predicted molar refractivity (Wildman–Crippen MR) is 181 cm³/mol. The molecule has 258 valence electrons. The number of carbonyl (C=O) groups is 4. The molecule has 0 aliphatic carbocycles. The Morgan fingerprint density at radius 1 is 1.00 bits per heavy atom. The molecule has 2 aromatic carbocycles. The van der Waals surface area contributed by atoms with E-state index in [4.69, 9.17) is 9.47 Å². The maximum atomic E-state index is 14.0. The molecule has 1 fully saturated rings. The Morgan fingerprint density at radius 3 is 2.35 bits per heavy atom. The van der Waals surface area contributed by atoms with Crippen molar-refractivity contribution in [3.8, 4) is 0 Å². The standard InChI is InChI=1S/C35H44N4O8S/c1-5-46-32(41)25-39(24-26-13-12-20-38(23-26)34(43)47-35(2,3)4)31(40)22-30(33(42)37-18-10-6-7-11-19-37)36-48(44,45)29-17-16-27-14-8-9-15-28(27)21-29/h6-11,14-19,21,26,30,36H,5,12-13,20,22-25H2,1-4H3/t26-,30+/m1/s1. The molecule has 2 aromatic rings. The number of fused-ring (bicyclic) bond motifs is 1. The predicted octanol–water partition coefficient (Wildman–Crippen LogP) is 4.34. The van der Waals surface area contributed by atoms with Gasteiger partial charge in [0.25, 0.3) is 0 Å². The summed E-state index contributed by atoms with van der Waals surface area (Å²) in [7, 11) is -4.29. The van der Waals surface area contributed by atoms with E-state index in [0.29, 0.717) is 31.3 Å². The van der Waals surface area contributed by atoms with Crippen LogP contribution >= 0.6 is 0 Å². The Morgan fingerprint density at radius 2 is 1.69 bits per heavy atom. The van der Waals surface area contributed by atoms with Crippen LogP contribution in [0.4, 0.5) is 4.79 Å². The first kappa shape index (κ1) is 36.3. The van der Waals surface area contributed by atoms with Crippen LogP contribution in [0.2, 0.25) is 0 Å². The molecule has 3 amide bonds. The van der Waals surface area contributed by atoms with Gasteiger partial charge in [0.2, 0.25) is 21.8 Å². The van der Waals surface area contributed by atoms with Crippen LogP contribution in [0, 0.1) is 5.92 Å². The Kier molecular flexibility index (Phi) is 12.2. The fourth-order valence-electron chi connectivity index (χ4n) is 5.50. The van der Waals surface area contributed by atoms with E-state index in [1.54, 1.807) is 75.1 Å². The molecule has 13 heteroatoms. The topological polar surface area (TPSA) is 143 Å². The third kappa shape index (κ3) is 10.3. The average molecular weight is 681 g/mol. The summed E-state index contributed by atoms with van der Waals surface area (Å²) in [5.74, 6) is -2.16. The molecule has 12 nitrogen and oxygen atoms in total. The molecular weight excluding hydrogens is 636 g/mol. The van der Waals surface area contributed by atoms with Crippen molar-refractivity contribution in [1.82, 2.24) is 19.4 Å². The van der Waals surface area contributed by atoms with E-state index in [9.17, 15) is 27.6 Å². The first-order chi connectivity index (χ1) is 22.8. The number of esters is 1. The van der Waals surface area contributed by atoms with Crippen molar-refractivity contribution in [2.75, 3.05) is 32.8 Å². The summed E-state index contributed by atoms with van der Waals surface area (Å²) in [5, 5.41) is 1.53. The van der Waals surface area contributed by atoms with Gasteiger partial charge in [0.1, 0.15) is 18.2 Å². The zero-order chi connectivity index (χ0) is 34.9. The number of ether oxygens (including phenoxy) is 2. The zero-order valence-electron chi connectivity index (χ0n) is 27.8. The first-order valence-electron chi connectivity index (χ1n) is 16.0. The van der Waals surface area contributed by atoms with Gasteiger partial charge in [-0.2, -0.15) is 4.72 Å². The largest absolute Gasteiger partial charge is 0.465 e. The molecule has 48 heavy (non-hydrogen) atoms. The van der Waals surface area contributed by atoms with Gasteiger partial charge in [-0.25, -0.2) is 13.2 Å². The van der Waals surface area contributed by atoms with Crippen LogP contribution in [0.15, 0.2) is 84.1 Å². The van der Waals surface area contributed by atoms with E-state index in [1.807, 2.05) is 12.1 Å². The third-order valence-corrected chi connectivity index (χ3v) is 9.18. The van der Waals surface area contributed by atoms with Gasteiger partial charge in [-0.1, -0.05) is 42.5 Å². The Balaban J connectivity index is 1.59. The highest BCUT2D eigenvalue weighted by Crippen LogP contribution is 2.23. The maximum Gasteiger partial charge on any atom is 0.410 e. The van der Waals surface area contributed by atoms with Crippen molar-refractivity contribution in [3.05, 3.63) is 79.2 Å². The summed E-state index contributed by atoms with van der Waals surface area (Å²) in [6, 6.07) is 10.4. The SMILES string of the molecule is CCOC(=O)CN(C[C@@H]1CCCN(C(=O)OC(C)(C)C)C1)C(=O)C[C@H](NS(=O)(=O)c1ccc2ccccc2c1)C(=O)N1C=CC=CC=C1. The second-order valence-electron chi connectivity index (χ2n) is 12.7. The molecule has 2 aliphatic rings. The number of hydrogen-bond acceptors (Lipinski definition) is 8. The van der Waals surface area contributed by atoms with E-state index in [-0.39, 0.29) is 24.0 Å². The molecule has 1 N–H and O–H groups in total. The number of allylic oxidation sites excluding steroid dienone is 4. The number of nitrogens with zero attached hydrogens (tertiary/aromatic N) is 3. The van der Waals surface area contributed by atoms with Crippen LogP contribution in [0.1, 0.15) is 47.0 Å². The zero-order valence-corrected chi connectivity index (χ0v) is 28.6. The molecule has 0 spiro atoms. The van der Waals surface area contributed by atoms with E-state index < -0.39 is 58.5 Å². The normalized spacial score (nSPS) is 17.1. The van der Waals surface area contributed by atoms with E-state index in [1.165, 1.54) is 34.3 Å². The van der Waals surface area contributed by atoms with Gasteiger partial charge in [-0.05, 0) is 81.5 Å². The van der Waals surface area contributed by atoms with Crippen molar-refractivity contribution < 1.29 is 37.1 Å². The molecule has 2 heterocycles. The van der Waals surface area contributed by atoms with Gasteiger partial charge >= 0.3 is 12.1 Å². The monoisotopic (exact) mass is 680 g/mol. The number of benzene rings is 2. The summed E-state index contributed by atoms with van der Waals surface area (Å²) >= 11 is 0. The van der Waals surface area contributed by atoms with Gasteiger partial charge in [-0.15, -0.1) is 0 Å². The minimum absolute atomic E-state index is 0.0668. The first-order valence-corrected chi connectivity index (χ1v) is 17.5. The smallest absolute Gasteiger partial charge is 0.410 e. The second-order valence-corrected chi connectivity index (χ2v) is 14.4. The number of amides is 3. The fraction of sp³-hybridized carbons (Fsp3) is 0.429. The van der Waals surface area contributed by atoms with Crippen LogP contribution in [0.25, 0.3) is 10.8 Å². The highest BCUT2D eigenvalue weighted by atomic mass is 32.2. The minimum atomic E-state index is -4.29. The van der Waals surface area contributed by atoms with E-state index in [0.717, 1.165) is 5.39 Å². The fourth-order valence-corrected chi connectivity index (χ4v) is 6.72. The molecular formula is C35H44N4O8S. The van der Waals surface area contributed by atoms with Gasteiger partial charge in [-0.3, -0.25) is 19.3 Å². The Bertz CT molecular complexity index is 1680. The van der Waals surface area contributed by atoms with Crippen molar-refractivity contribution >= 4 is 44.7 Å². The van der Waals surface area contributed by atoms with Crippen molar-refractivity contribution in [3.63, 3.8) is 0 Å². The number of carbonyl (C=O) groups excluding carboxylic acids is 4. The van der Waals surface area contributed by atoms with Gasteiger partial charge in [0.15, 0.2) is 0 Å². The summed E-state index contributed by atoms with van der Waals surface area (Å²) < 4.78 is 40.5. The van der Waals surface area contributed by atoms with Crippen LogP contribution in [-0.4, -0.2) is 91.4 Å². The molecule has 0 aromatic heterocycles. The summed E-state index contributed by atoms with van der Waals surface area (Å²) in [6.45, 7) is 7.58.